The minimum absolute atomic E-state index is 0.0272. The smallest absolute Gasteiger partial charge is 0.279 e. The first-order chi connectivity index (χ1) is 13.6. The van der Waals surface area contributed by atoms with Crippen LogP contribution in [-0.4, -0.2) is 37.6 Å². The monoisotopic (exact) mass is 395 g/mol. The quantitative estimate of drug-likeness (QED) is 0.674. The van der Waals surface area contributed by atoms with Crippen molar-refractivity contribution in [3.05, 3.63) is 53.5 Å². The van der Waals surface area contributed by atoms with Crippen molar-refractivity contribution in [2.75, 3.05) is 36.9 Å². The fourth-order valence-electron chi connectivity index (χ4n) is 3.63. The third kappa shape index (κ3) is 4.18. The van der Waals surface area contributed by atoms with Crippen molar-refractivity contribution in [2.45, 2.75) is 25.8 Å². The van der Waals surface area contributed by atoms with Gasteiger partial charge in [0.15, 0.2) is 11.6 Å². The number of nitrogens with zero attached hydrogens (tertiary/aromatic N) is 2. The second-order valence-electron chi connectivity index (χ2n) is 7.55. The van der Waals surface area contributed by atoms with E-state index in [1.807, 2.05) is 37.4 Å². The Hall–Kier alpha value is -2.44. The first kappa shape index (κ1) is 18.9. The lowest BCUT2D eigenvalue weighted by molar-refractivity contribution is -0.902. The van der Waals surface area contributed by atoms with Crippen LogP contribution in [0.5, 0.6) is 0 Å². The van der Waals surface area contributed by atoms with Crippen molar-refractivity contribution in [2.24, 2.45) is 0 Å². The van der Waals surface area contributed by atoms with Crippen molar-refractivity contribution >= 4 is 38.8 Å². The lowest BCUT2D eigenvalue weighted by Gasteiger charge is -2.20. The molecule has 1 aliphatic heterocycles. The van der Waals surface area contributed by atoms with E-state index >= 15 is 0 Å². The molecule has 5 nitrogen and oxygen atoms in total. The van der Waals surface area contributed by atoms with Crippen LogP contribution in [0.3, 0.4) is 0 Å². The Balaban J connectivity index is 1.34. The predicted octanol–water partition coefficient (Wildman–Crippen LogP) is 3.11. The molecule has 6 heteroatoms. The summed E-state index contributed by atoms with van der Waals surface area (Å²) in [6.07, 6.45) is 2.53. The average molecular weight is 396 g/mol. The first-order valence-corrected chi connectivity index (χ1v) is 10.7. The van der Waals surface area contributed by atoms with Gasteiger partial charge in [-0.3, -0.25) is 4.79 Å². The standard InChI is InChI=1S/C22H26N4OS/c1-16(22-24-19-7-3-4-8-20(19)28-22)25(2)15-21(27)23-17-9-11-18(12-10-17)26-13-5-6-14-26/h3-4,7-12,16H,5-6,13-15H2,1-2H3,(H,23,27)/p+1/t16-/m1/s1. The van der Waals surface area contributed by atoms with Crippen LogP contribution >= 0.6 is 11.3 Å². The van der Waals surface area contributed by atoms with Gasteiger partial charge in [0, 0.05) is 24.5 Å². The number of hydrogen-bond acceptors (Lipinski definition) is 4. The highest BCUT2D eigenvalue weighted by Crippen LogP contribution is 2.25. The van der Waals surface area contributed by atoms with Gasteiger partial charge in [-0.1, -0.05) is 12.1 Å². The number of quaternary nitrogens is 1. The summed E-state index contributed by atoms with van der Waals surface area (Å²) in [6, 6.07) is 16.5. The summed E-state index contributed by atoms with van der Waals surface area (Å²) in [5.41, 5.74) is 3.13. The predicted molar refractivity (Wildman–Crippen MR) is 116 cm³/mol. The van der Waals surface area contributed by atoms with Gasteiger partial charge in [0.25, 0.3) is 5.91 Å². The highest BCUT2D eigenvalue weighted by molar-refractivity contribution is 7.18. The molecule has 2 heterocycles. The van der Waals surface area contributed by atoms with Crippen molar-refractivity contribution < 1.29 is 9.69 Å². The van der Waals surface area contributed by atoms with Gasteiger partial charge < -0.3 is 15.1 Å². The van der Waals surface area contributed by atoms with Crippen molar-refractivity contribution in [3.8, 4) is 0 Å². The number of carbonyl (C=O) groups is 1. The summed E-state index contributed by atoms with van der Waals surface area (Å²) in [7, 11) is 2.05. The number of aromatic nitrogens is 1. The number of amides is 1. The zero-order valence-corrected chi connectivity index (χ0v) is 17.3. The molecule has 0 bridgehead atoms. The van der Waals surface area contributed by atoms with E-state index in [-0.39, 0.29) is 11.9 Å². The number of carbonyl (C=O) groups excluding carboxylic acids is 1. The molecule has 0 radical (unpaired) electrons. The molecule has 0 saturated carbocycles. The van der Waals surface area contributed by atoms with E-state index in [0.717, 1.165) is 34.2 Å². The third-order valence-electron chi connectivity index (χ3n) is 5.48. The highest BCUT2D eigenvalue weighted by Gasteiger charge is 2.22. The zero-order chi connectivity index (χ0) is 19.5. The molecule has 3 aromatic rings. The van der Waals surface area contributed by atoms with E-state index in [1.165, 1.54) is 23.2 Å². The second kappa shape index (κ2) is 8.29. The second-order valence-corrected chi connectivity index (χ2v) is 8.62. The van der Waals surface area contributed by atoms with Gasteiger partial charge in [0.1, 0.15) is 6.04 Å². The van der Waals surface area contributed by atoms with Gasteiger partial charge in [0.05, 0.1) is 17.3 Å². The van der Waals surface area contributed by atoms with E-state index < -0.39 is 0 Å². The molecule has 28 heavy (non-hydrogen) atoms. The lowest BCUT2D eigenvalue weighted by atomic mass is 10.2. The molecule has 0 aliphatic carbocycles. The topological polar surface area (TPSA) is 49.7 Å². The Morgan fingerprint density at radius 1 is 1.18 bits per heavy atom. The number of hydrogen-bond donors (Lipinski definition) is 2. The molecular weight excluding hydrogens is 368 g/mol. The summed E-state index contributed by atoms with van der Waals surface area (Å²) in [4.78, 5) is 20.8. The van der Waals surface area contributed by atoms with Crippen LogP contribution < -0.4 is 15.1 Å². The summed E-state index contributed by atoms with van der Waals surface area (Å²) >= 11 is 1.71. The Labute approximate surface area is 170 Å². The largest absolute Gasteiger partial charge is 0.372 e. The van der Waals surface area contributed by atoms with Crippen LogP contribution in [-0.2, 0) is 4.79 Å². The summed E-state index contributed by atoms with van der Waals surface area (Å²) in [6.45, 7) is 4.79. The maximum atomic E-state index is 12.5. The van der Waals surface area contributed by atoms with Crippen LogP contribution in [0.25, 0.3) is 10.2 Å². The van der Waals surface area contributed by atoms with Gasteiger partial charge in [-0.25, -0.2) is 4.98 Å². The Kier molecular flexibility index (Phi) is 5.59. The summed E-state index contributed by atoms with van der Waals surface area (Å²) in [5.74, 6) is 0.0272. The molecule has 0 spiro atoms. The van der Waals surface area contributed by atoms with Crippen LogP contribution in [0.4, 0.5) is 11.4 Å². The fraction of sp³-hybridized carbons (Fsp3) is 0.364. The van der Waals surface area contributed by atoms with Crippen molar-refractivity contribution in [1.29, 1.82) is 0 Å². The number of nitrogens with one attached hydrogen (secondary N) is 2. The number of anilines is 2. The molecule has 1 saturated heterocycles. The number of likely N-dealkylation sites (N-methyl/N-ethyl adjacent to an activating group) is 1. The molecule has 4 rings (SSSR count). The Bertz CT molecular complexity index is 914. The Morgan fingerprint density at radius 3 is 2.61 bits per heavy atom. The van der Waals surface area contributed by atoms with Crippen LogP contribution in [0, 0.1) is 0 Å². The van der Waals surface area contributed by atoms with Crippen LogP contribution in [0.1, 0.15) is 30.8 Å². The van der Waals surface area contributed by atoms with Crippen LogP contribution in [0.15, 0.2) is 48.5 Å². The van der Waals surface area contributed by atoms with Crippen LogP contribution in [0.2, 0.25) is 0 Å². The molecule has 146 valence electrons. The number of thiazole rings is 1. The molecular formula is C22H27N4OS+. The van der Waals surface area contributed by atoms with E-state index in [1.54, 1.807) is 11.3 Å². The zero-order valence-electron chi connectivity index (χ0n) is 16.4. The minimum atomic E-state index is 0.0272. The van der Waals surface area contributed by atoms with E-state index in [2.05, 4.69) is 35.3 Å². The molecule has 1 fully saturated rings. The SMILES string of the molecule is C[C@H](c1nc2ccccc2s1)[NH+](C)CC(=O)Nc1ccc(N2CCCC2)cc1. The number of rotatable bonds is 6. The maximum absolute atomic E-state index is 12.5. The van der Waals surface area contributed by atoms with Gasteiger partial charge >= 0.3 is 0 Å². The molecule has 2 atom stereocenters. The minimum Gasteiger partial charge on any atom is -0.372 e. The lowest BCUT2D eigenvalue weighted by Crippen LogP contribution is -3.10. The third-order valence-corrected chi connectivity index (χ3v) is 6.70. The molecule has 2 N–H and O–H groups in total. The average Bonchev–Trinajstić information content (AvgIpc) is 3.37. The van der Waals surface area contributed by atoms with Gasteiger partial charge in [-0.2, -0.15) is 0 Å². The first-order valence-electron chi connectivity index (χ1n) is 9.93. The normalized spacial score (nSPS) is 16.3. The number of para-hydroxylation sites is 1. The van der Waals surface area contributed by atoms with E-state index in [9.17, 15) is 4.79 Å². The summed E-state index contributed by atoms with van der Waals surface area (Å²) in [5, 5.41) is 4.10. The van der Waals surface area contributed by atoms with Gasteiger partial charge in [-0.15, -0.1) is 11.3 Å². The van der Waals surface area contributed by atoms with E-state index in [0.29, 0.717) is 6.54 Å². The number of fused-ring (bicyclic) bond motifs is 1. The van der Waals surface area contributed by atoms with Crippen molar-refractivity contribution in [3.63, 3.8) is 0 Å². The fourth-order valence-corrected chi connectivity index (χ4v) is 4.74. The van der Waals surface area contributed by atoms with E-state index in [4.69, 9.17) is 4.98 Å². The Morgan fingerprint density at radius 2 is 1.89 bits per heavy atom. The summed E-state index contributed by atoms with van der Waals surface area (Å²) < 4.78 is 1.19. The highest BCUT2D eigenvalue weighted by atomic mass is 32.1. The van der Waals surface area contributed by atoms with Gasteiger partial charge in [-0.05, 0) is 56.2 Å². The molecule has 1 amide bonds. The van der Waals surface area contributed by atoms with Crippen molar-refractivity contribution in [1.82, 2.24) is 4.98 Å². The molecule has 1 unspecified atom stereocenters. The molecule has 1 aromatic heterocycles. The molecule has 1 aliphatic rings. The molecule has 2 aromatic carbocycles. The number of benzene rings is 2. The maximum Gasteiger partial charge on any atom is 0.279 e. The van der Waals surface area contributed by atoms with Gasteiger partial charge in [0.2, 0.25) is 0 Å².